The van der Waals surface area contributed by atoms with Gasteiger partial charge in [0.25, 0.3) is 0 Å². The molecule has 0 radical (unpaired) electrons. The van der Waals surface area contributed by atoms with Crippen molar-refractivity contribution in [2.75, 3.05) is 33.9 Å². The van der Waals surface area contributed by atoms with Crippen molar-refractivity contribution in [3.8, 4) is 11.5 Å². The second-order valence-corrected chi connectivity index (χ2v) is 7.60. The molecule has 0 aliphatic carbocycles. The molecular weight excluding hydrogens is 318 g/mol. The van der Waals surface area contributed by atoms with Gasteiger partial charge in [-0.2, -0.15) is 0 Å². The molecular formula is C20H29NO4. The normalized spacial score (nSPS) is 32.1. The maximum Gasteiger partial charge on any atom is 0.161 e. The second kappa shape index (κ2) is 7.14. The molecule has 3 aliphatic rings. The Morgan fingerprint density at radius 3 is 2.76 bits per heavy atom. The van der Waals surface area contributed by atoms with Crippen LogP contribution in [0.2, 0.25) is 0 Å². The third-order valence-corrected chi connectivity index (χ3v) is 6.18. The minimum Gasteiger partial charge on any atom is -0.493 e. The SMILES string of the molecule is COc1cc2c(cc1OC)C1CC(O)C(CC3CCCO3)CN1CC2. The van der Waals surface area contributed by atoms with Crippen LogP contribution < -0.4 is 9.47 Å². The lowest BCUT2D eigenvalue weighted by atomic mass is 9.79. The summed E-state index contributed by atoms with van der Waals surface area (Å²) in [5, 5.41) is 10.8. The van der Waals surface area contributed by atoms with Crippen LogP contribution in [0.4, 0.5) is 0 Å². The monoisotopic (exact) mass is 347 g/mol. The molecule has 5 heteroatoms. The van der Waals surface area contributed by atoms with Crippen molar-refractivity contribution in [1.29, 1.82) is 0 Å². The van der Waals surface area contributed by atoms with Crippen LogP contribution in [0.3, 0.4) is 0 Å². The maximum atomic E-state index is 10.8. The quantitative estimate of drug-likeness (QED) is 0.907. The molecule has 1 N–H and O–H groups in total. The Morgan fingerprint density at radius 1 is 1.24 bits per heavy atom. The van der Waals surface area contributed by atoms with Gasteiger partial charge < -0.3 is 19.3 Å². The van der Waals surface area contributed by atoms with Crippen molar-refractivity contribution in [3.05, 3.63) is 23.3 Å². The van der Waals surface area contributed by atoms with E-state index in [0.29, 0.717) is 12.0 Å². The Balaban J connectivity index is 1.54. The summed E-state index contributed by atoms with van der Waals surface area (Å²) in [6, 6.07) is 4.49. The summed E-state index contributed by atoms with van der Waals surface area (Å²) in [7, 11) is 3.36. The minimum atomic E-state index is -0.260. The average Bonchev–Trinajstić information content (AvgIpc) is 3.14. The Hall–Kier alpha value is -1.30. The first-order chi connectivity index (χ1) is 12.2. The van der Waals surface area contributed by atoms with Gasteiger partial charge in [-0.15, -0.1) is 0 Å². The van der Waals surface area contributed by atoms with Gasteiger partial charge in [0.05, 0.1) is 26.4 Å². The first-order valence-corrected chi connectivity index (χ1v) is 9.48. The molecule has 25 heavy (non-hydrogen) atoms. The lowest BCUT2D eigenvalue weighted by Crippen LogP contribution is -2.48. The van der Waals surface area contributed by atoms with Gasteiger partial charge in [-0.25, -0.2) is 0 Å². The number of piperidine rings is 1. The van der Waals surface area contributed by atoms with E-state index >= 15 is 0 Å². The number of aliphatic hydroxyl groups is 1. The van der Waals surface area contributed by atoms with Crippen LogP contribution >= 0.6 is 0 Å². The van der Waals surface area contributed by atoms with Crippen molar-refractivity contribution in [3.63, 3.8) is 0 Å². The molecule has 2 saturated heterocycles. The zero-order valence-electron chi connectivity index (χ0n) is 15.2. The summed E-state index contributed by atoms with van der Waals surface area (Å²) in [5.41, 5.74) is 2.61. The lowest BCUT2D eigenvalue weighted by molar-refractivity contribution is -0.0336. The van der Waals surface area contributed by atoms with Gasteiger partial charge >= 0.3 is 0 Å². The lowest BCUT2D eigenvalue weighted by Gasteiger charge is -2.46. The topological polar surface area (TPSA) is 51.2 Å². The standard InChI is InChI=1S/C20H29NO4/c1-23-19-9-13-5-6-21-12-14(8-15-4-3-7-25-15)18(22)11-17(21)16(13)10-20(19)24-2/h9-10,14-15,17-18,22H,3-8,11-12H2,1-2H3. The number of methoxy groups -OCH3 is 2. The molecule has 4 unspecified atom stereocenters. The molecule has 138 valence electrons. The number of rotatable bonds is 4. The van der Waals surface area contributed by atoms with Crippen molar-refractivity contribution in [1.82, 2.24) is 4.90 Å². The highest BCUT2D eigenvalue weighted by molar-refractivity contribution is 5.49. The highest BCUT2D eigenvalue weighted by Gasteiger charge is 2.39. The summed E-state index contributed by atoms with van der Waals surface area (Å²) < 4.78 is 16.7. The number of hydrogen-bond donors (Lipinski definition) is 1. The molecule has 0 bridgehead atoms. The third-order valence-electron chi connectivity index (χ3n) is 6.18. The molecule has 4 rings (SSSR count). The van der Waals surface area contributed by atoms with E-state index < -0.39 is 0 Å². The molecule has 0 aromatic heterocycles. The second-order valence-electron chi connectivity index (χ2n) is 7.60. The fourth-order valence-electron chi connectivity index (χ4n) is 4.82. The summed E-state index contributed by atoms with van der Waals surface area (Å²) >= 11 is 0. The Labute approximate surface area is 149 Å². The van der Waals surface area contributed by atoms with Crippen LogP contribution in [0.1, 0.15) is 42.9 Å². The Kier molecular flexibility index (Phi) is 4.89. The number of ether oxygens (including phenoxy) is 3. The summed E-state index contributed by atoms with van der Waals surface area (Å²) in [4.78, 5) is 2.54. The first kappa shape index (κ1) is 17.1. The van der Waals surface area contributed by atoms with E-state index in [9.17, 15) is 5.11 Å². The van der Waals surface area contributed by atoms with Gasteiger partial charge in [-0.05, 0) is 55.4 Å². The maximum absolute atomic E-state index is 10.8. The van der Waals surface area contributed by atoms with E-state index in [1.165, 1.54) is 11.1 Å². The number of aliphatic hydroxyl groups excluding tert-OH is 1. The average molecular weight is 347 g/mol. The smallest absolute Gasteiger partial charge is 0.161 e. The highest BCUT2D eigenvalue weighted by Crippen LogP contribution is 2.43. The number of hydrogen-bond acceptors (Lipinski definition) is 5. The highest BCUT2D eigenvalue weighted by atomic mass is 16.5. The summed E-state index contributed by atoms with van der Waals surface area (Å²) in [5.74, 6) is 1.89. The largest absolute Gasteiger partial charge is 0.493 e. The number of benzene rings is 1. The predicted octanol–water partition coefficient (Wildman–Crippen LogP) is 2.55. The first-order valence-electron chi connectivity index (χ1n) is 9.48. The molecule has 3 aliphatic heterocycles. The van der Waals surface area contributed by atoms with E-state index in [1.54, 1.807) is 14.2 Å². The molecule has 1 aromatic carbocycles. The van der Waals surface area contributed by atoms with Gasteiger partial charge in [-0.1, -0.05) is 0 Å². The van der Waals surface area contributed by atoms with Crippen molar-refractivity contribution >= 4 is 0 Å². The molecule has 1 aromatic rings. The minimum absolute atomic E-state index is 0.260. The number of nitrogens with zero attached hydrogens (tertiary/aromatic N) is 1. The fraction of sp³-hybridized carbons (Fsp3) is 0.700. The summed E-state index contributed by atoms with van der Waals surface area (Å²) in [6.45, 7) is 2.89. The van der Waals surface area contributed by atoms with Gasteiger partial charge in [0.1, 0.15) is 0 Å². The van der Waals surface area contributed by atoms with Crippen LogP contribution in [-0.2, 0) is 11.2 Å². The number of fused-ring (bicyclic) bond motifs is 3. The van der Waals surface area contributed by atoms with Crippen LogP contribution in [0, 0.1) is 5.92 Å². The molecule has 0 amide bonds. The van der Waals surface area contributed by atoms with E-state index in [4.69, 9.17) is 14.2 Å². The van der Waals surface area contributed by atoms with Crippen LogP contribution in [0.25, 0.3) is 0 Å². The van der Waals surface area contributed by atoms with E-state index in [1.807, 2.05) is 0 Å². The molecule has 0 spiro atoms. The molecule has 2 fully saturated rings. The third kappa shape index (κ3) is 3.25. The van der Waals surface area contributed by atoms with Crippen LogP contribution in [0.15, 0.2) is 12.1 Å². The zero-order chi connectivity index (χ0) is 17.4. The predicted molar refractivity (Wildman–Crippen MR) is 95.3 cm³/mol. The van der Waals surface area contributed by atoms with Crippen LogP contribution in [0.5, 0.6) is 11.5 Å². The van der Waals surface area contributed by atoms with E-state index in [-0.39, 0.29) is 12.1 Å². The van der Waals surface area contributed by atoms with E-state index in [2.05, 4.69) is 17.0 Å². The fourth-order valence-corrected chi connectivity index (χ4v) is 4.82. The zero-order valence-corrected chi connectivity index (χ0v) is 15.2. The summed E-state index contributed by atoms with van der Waals surface area (Å²) in [6.07, 6.45) is 5.20. The van der Waals surface area contributed by atoms with Gasteiger partial charge in [0.15, 0.2) is 11.5 Å². The van der Waals surface area contributed by atoms with Crippen molar-refractivity contribution < 1.29 is 19.3 Å². The molecule has 3 heterocycles. The van der Waals surface area contributed by atoms with Crippen molar-refractivity contribution in [2.45, 2.75) is 50.4 Å². The van der Waals surface area contributed by atoms with E-state index in [0.717, 1.165) is 63.3 Å². The van der Waals surface area contributed by atoms with Gasteiger partial charge in [0, 0.05) is 31.7 Å². The van der Waals surface area contributed by atoms with Gasteiger partial charge in [-0.3, -0.25) is 4.90 Å². The molecule has 5 nitrogen and oxygen atoms in total. The Bertz CT molecular complexity index is 614. The van der Waals surface area contributed by atoms with Crippen LogP contribution in [-0.4, -0.2) is 56.1 Å². The Morgan fingerprint density at radius 2 is 2.04 bits per heavy atom. The van der Waals surface area contributed by atoms with Gasteiger partial charge in [0.2, 0.25) is 0 Å². The molecule has 0 saturated carbocycles. The molecule has 4 atom stereocenters. The van der Waals surface area contributed by atoms with Crippen molar-refractivity contribution in [2.24, 2.45) is 5.92 Å².